The van der Waals surface area contributed by atoms with E-state index in [9.17, 15) is 4.79 Å². The second-order valence-electron chi connectivity index (χ2n) is 8.63. The molecule has 1 aliphatic heterocycles. The summed E-state index contributed by atoms with van der Waals surface area (Å²) < 4.78 is 5.46. The Morgan fingerprint density at radius 2 is 2.00 bits per heavy atom. The molecule has 1 aromatic carbocycles. The maximum atomic E-state index is 13.1. The molecule has 7 heteroatoms. The van der Waals surface area contributed by atoms with Crippen molar-refractivity contribution < 1.29 is 24.1 Å². The number of allylic oxidation sites excluding steroid dienone is 3. The van der Waals surface area contributed by atoms with Crippen molar-refractivity contribution in [1.82, 2.24) is 24.4 Å². The van der Waals surface area contributed by atoms with E-state index in [0.29, 0.717) is 5.92 Å². The van der Waals surface area contributed by atoms with Gasteiger partial charge in [-0.1, -0.05) is 0 Å². The second kappa shape index (κ2) is 9.96. The molecule has 3 aromatic rings. The quantitative estimate of drug-likeness (QED) is 0.473. The summed E-state index contributed by atoms with van der Waals surface area (Å²) in [5.74, 6) is 1.57. The molecule has 168 valence electrons. The van der Waals surface area contributed by atoms with Crippen LogP contribution in [-0.2, 0) is 32.3 Å². The Kier molecular flexibility index (Phi) is 6.63. The van der Waals surface area contributed by atoms with Crippen LogP contribution in [0.1, 0.15) is 65.5 Å². The first kappa shape index (κ1) is 22.0. The van der Waals surface area contributed by atoms with Gasteiger partial charge in [-0.05, 0) is 12.8 Å². The molecule has 1 saturated carbocycles. The maximum absolute atomic E-state index is 13.1. The van der Waals surface area contributed by atoms with Gasteiger partial charge in [-0.25, -0.2) is 4.98 Å². The van der Waals surface area contributed by atoms with E-state index < -0.39 is 0 Å². The summed E-state index contributed by atoms with van der Waals surface area (Å²) in [6.45, 7) is 0.964. The number of hydrogen-bond acceptors (Lipinski definition) is 3. The standard InChI is InChI=1S/C26H27N5O.W/c32-26-23-17-22(31-18-24(29-19-31)21-9-10-21)12-11-20(23)7-3-2-6-15-30-16-14-27-25(30)8-4-1-5-13-28-26;/h1,4-5,11-14,16-19,21H,2-3,6-7,9-10,15H2,(H,28,32);. The molecule has 1 N–H and O–H groups in total. The Labute approximate surface area is 204 Å². The van der Waals surface area contributed by atoms with Gasteiger partial charge < -0.3 is 0 Å². The molecule has 1 amide bonds. The molecule has 6 nitrogen and oxygen atoms in total. The van der Waals surface area contributed by atoms with Crippen LogP contribution in [0.5, 0.6) is 0 Å². The van der Waals surface area contributed by atoms with E-state index in [1.807, 2.05) is 35.3 Å². The number of aromatic nitrogens is 4. The van der Waals surface area contributed by atoms with Crippen LogP contribution >= 0.6 is 0 Å². The molecule has 0 bridgehead atoms. The molecule has 0 unspecified atom stereocenters. The van der Waals surface area contributed by atoms with Gasteiger partial charge in [0.2, 0.25) is 0 Å². The number of nitrogens with zero attached hydrogens (tertiary/aromatic N) is 4. The van der Waals surface area contributed by atoms with Gasteiger partial charge in [0, 0.05) is 5.92 Å². The Bertz CT molecular complexity index is 1230. The normalized spacial score (nSPS) is 17.5. The fourth-order valence-electron chi connectivity index (χ4n) is 4.19. The Morgan fingerprint density at radius 1 is 1.09 bits per heavy atom. The van der Waals surface area contributed by atoms with Crippen LogP contribution < -0.4 is 5.32 Å². The summed E-state index contributed by atoms with van der Waals surface area (Å²) >= 11 is 1.37. The summed E-state index contributed by atoms with van der Waals surface area (Å²) in [6, 6.07) is 6.19. The van der Waals surface area contributed by atoms with E-state index in [0.717, 1.165) is 60.6 Å². The zero-order valence-corrected chi connectivity index (χ0v) is 21.4. The first-order chi connectivity index (χ1) is 16.2. The first-order valence-electron chi connectivity index (χ1n) is 11.6. The predicted octanol–water partition coefficient (Wildman–Crippen LogP) is 4.24. The Balaban J connectivity index is 1.39. The summed E-state index contributed by atoms with van der Waals surface area (Å²) in [4.78, 5) is 22.2. The van der Waals surface area contributed by atoms with Crippen LogP contribution in [0.3, 0.4) is 0 Å². The van der Waals surface area contributed by atoms with E-state index in [-0.39, 0.29) is 5.91 Å². The third kappa shape index (κ3) is 5.22. The van der Waals surface area contributed by atoms with Gasteiger partial charge in [-0.3, -0.25) is 0 Å². The zero-order valence-electron chi connectivity index (χ0n) is 18.5. The van der Waals surface area contributed by atoms with Crippen molar-refractivity contribution in [3.63, 3.8) is 0 Å². The molecule has 1 fully saturated rings. The van der Waals surface area contributed by atoms with Gasteiger partial charge in [0.1, 0.15) is 0 Å². The van der Waals surface area contributed by atoms with Crippen molar-refractivity contribution in [1.29, 1.82) is 0 Å². The van der Waals surface area contributed by atoms with Crippen molar-refractivity contribution in [2.45, 2.75) is 51.0 Å². The van der Waals surface area contributed by atoms with E-state index in [1.165, 1.54) is 36.1 Å². The predicted molar refractivity (Wildman–Crippen MR) is 125 cm³/mol. The molecule has 0 saturated heterocycles. The number of hydrogen-bond donors (Lipinski definition) is 1. The number of amides is 1. The zero-order chi connectivity index (χ0) is 22.6. The second-order valence-corrected chi connectivity index (χ2v) is 10.2. The molecular weight excluding hydrogens is 582 g/mol. The third-order valence-corrected chi connectivity index (χ3v) is 7.33. The minimum atomic E-state index is -0.0759. The van der Waals surface area contributed by atoms with Gasteiger partial charge >= 0.3 is 176 Å². The van der Waals surface area contributed by atoms with Crippen molar-refractivity contribution in [2.24, 2.45) is 0 Å². The van der Waals surface area contributed by atoms with Crippen LogP contribution in [-0.4, -0.2) is 28.9 Å². The molecule has 33 heavy (non-hydrogen) atoms. The van der Waals surface area contributed by atoms with Gasteiger partial charge in [-0.15, -0.1) is 0 Å². The molecule has 0 radical (unpaired) electrons. The van der Waals surface area contributed by atoms with Crippen LogP contribution in [0.4, 0.5) is 0 Å². The minimum absolute atomic E-state index is 0.0759. The molecule has 2 aromatic heterocycles. The van der Waals surface area contributed by atoms with Crippen molar-refractivity contribution in [3.05, 3.63) is 90.2 Å². The third-order valence-electron chi connectivity index (χ3n) is 6.18. The molecular formula is C26H27N5OW. The van der Waals surface area contributed by atoms with E-state index in [2.05, 4.69) is 50.5 Å². The number of carbonyl (C=O) groups is 1. The first-order valence-corrected chi connectivity index (χ1v) is 13.0. The molecule has 0 spiro atoms. The van der Waals surface area contributed by atoms with Crippen LogP contribution in [0, 0.1) is 0 Å². The monoisotopic (exact) mass is 609 g/mol. The average Bonchev–Trinajstić information content (AvgIpc) is 3.36. The number of benzene rings is 1. The van der Waals surface area contributed by atoms with Crippen molar-refractivity contribution in [2.75, 3.05) is 0 Å². The Hall–Kier alpha value is -2.85. The summed E-state index contributed by atoms with van der Waals surface area (Å²) in [7, 11) is 0. The average molecular weight is 609 g/mol. The van der Waals surface area contributed by atoms with Crippen LogP contribution in [0.2, 0.25) is 0 Å². The van der Waals surface area contributed by atoms with Crippen LogP contribution in [0.25, 0.3) is 5.69 Å². The fraction of sp³-hybridized carbons (Fsp3) is 0.308. The van der Waals surface area contributed by atoms with E-state index >= 15 is 0 Å². The number of imidazole rings is 2. The Morgan fingerprint density at radius 3 is 2.88 bits per heavy atom. The van der Waals surface area contributed by atoms with Gasteiger partial charge in [-0.2, -0.15) is 0 Å². The molecule has 1 aliphatic carbocycles. The topological polar surface area (TPSA) is 64.7 Å². The summed E-state index contributed by atoms with van der Waals surface area (Å²) in [6.07, 6.45) is 22.1. The van der Waals surface area contributed by atoms with Crippen LogP contribution in [0.15, 0.2) is 67.5 Å². The summed E-state index contributed by atoms with van der Waals surface area (Å²) in [5.41, 5.74) is 3.95. The molecule has 2 aliphatic rings. The fourth-order valence-corrected chi connectivity index (χ4v) is 5.08. The van der Waals surface area contributed by atoms with E-state index in [4.69, 9.17) is 0 Å². The summed E-state index contributed by atoms with van der Waals surface area (Å²) in [5, 5.41) is 2.94. The molecule has 3 heterocycles. The van der Waals surface area contributed by atoms with Gasteiger partial charge in [0.25, 0.3) is 0 Å². The number of fused-ring (bicyclic) bond motifs is 2. The molecule has 5 rings (SSSR count). The van der Waals surface area contributed by atoms with Gasteiger partial charge in [0.05, 0.1) is 5.69 Å². The SMILES string of the molecule is O=C1NC=CC=C[C](=[W])c2nccn2CCCCCc2ccc(-n3cnc(C4CC4)c3)cc21. The van der Waals surface area contributed by atoms with E-state index in [1.54, 1.807) is 6.20 Å². The van der Waals surface area contributed by atoms with Gasteiger partial charge in [0.15, 0.2) is 0 Å². The number of nitrogens with one attached hydrogen (secondary N) is 1. The number of aryl methyl sites for hydroxylation is 2. The number of carbonyl (C=O) groups excluding carboxylic acids is 1. The number of rotatable bonds is 2. The molecule has 0 atom stereocenters. The van der Waals surface area contributed by atoms with Crippen molar-refractivity contribution >= 4 is 9.81 Å². The van der Waals surface area contributed by atoms with Crippen molar-refractivity contribution in [3.8, 4) is 5.69 Å².